The Morgan fingerprint density at radius 2 is 0.614 bits per heavy atom. The van der Waals surface area contributed by atoms with Crippen LogP contribution < -0.4 is 21.2 Å². The molecular formula is C34H27F7FeP2-. The fraction of sp³-hybridized carbons (Fsp3) is 0.0588. The molecule has 1 aliphatic rings. The maximum atomic E-state index is 11.1. The molecule has 5 rings (SSSR count). The predicted octanol–water partition coefficient (Wildman–Crippen LogP) is 9.35. The van der Waals surface area contributed by atoms with Crippen molar-refractivity contribution in [1.29, 1.82) is 0 Å². The van der Waals surface area contributed by atoms with Crippen molar-refractivity contribution < 1.29 is 47.8 Å². The minimum Gasteiger partial charge on any atom is -0.438 e. The average molecular weight is 686 g/mol. The van der Waals surface area contributed by atoms with Gasteiger partial charge in [0.2, 0.25) is 0 Å². The van der Waals surface area contributed by atoms with Crippen LogP contribution in [-0.4, -0.2) is 12.4 Å². The first kappa shape index (κ1) is 37.7. The zero-order valence-corrected chi connectivity index (χ0v) is 25.9. The van der Waals surface area contributed by atoms with Crippen molar-refractivity contribution in [2.75, 3.05) is 0 Å². The number of halogens is 7. The van der Waals surface area contributed by atoms with E-state index in [4.69, 9.17) is 0 Å². The first-order valence-electron chi connectivity index (χ1n) is 12.9. The van der Waals surface area contributed by atoms with Crippen LogP contribution in [0, 0.1) is 38.3 Å². The fourth-order valence-electron chi connectivity index (χ4n) is 3.61. The summed E-state index contributed by atoms with van der Waals surface area (Å²) in [7, 11) is -1.06. The number of hydrogen-bond acceptors (Lipinski definition) is 0. The molecule has 0 saturated heterocycles. The quantitative estimate of drug-likeness (QED) is 0.0822. The van der Waals surface area contributed by atoms with E-state index >= 15 is 0 Å². The largest absolute Gasteiger partial charge is 0.438 e. The minimum atomic E-state index is -5.93. The summed E-state index contributed by atoms with van der Waals surface area (Å²) in [6.07, 6.45) is -5.80. The monoisotopic (exact) mass is 686 g/mol. The van der Waals surface area contributed by atoms with Crippen molar-refractivity contribution in [2.45, 2.75) is 12.4 Å². The van der Waals surface area contributed by atoms with Crippen LogP contribution in [0.1, 0.15) is 0 Å². The van der Waals surface area contributed by atoms with Crippen molar-refractivity contribution in [3.05, 3.63) is 171 Å². The second-order valence-corrected chi connectivity index (χ2v) is 12.8. The van der Waals surface area contributed by atoms with Gasteiger partial charge in [-0.1, -0.05) is 133 Å². The summed E-state index contributed by atoms with van der Waals surface area (Å²) in [5.74, 6) is 4.90. The number of rotatable bonds is 6. The molecule has 4 aromatic rings. The number of benzene rings is 4. The van der Waals surface area contributed by atoms with E-state index in [9.17, 15) is 30.7 Å². The van der Waals surface area contributed by atoms with Crippen molar-refractivity contribution in [2.24, 2.45) is 0 Å². The van der Waals surface area contributed by atoms with Crippen LogP contribution in [0.15, 0.2) is 133 Å². The first-order valence-corrected chi connectivity index (χ1v) is 15.7. The van der Waals surface area contributed by atoms with Crippen LogP contribution in [0.5, 0.6) is 0 Å². The van der Waals surface area contributed by atoms with Crippen LogP contribution >= 0.6 is 15.8 Å². The van der Waals surface area contributed by atoms with Crippen molar-refractivity contribution in [3.8, 4) is 0 Å². The van der Waals surface area contributed by atoms with E-state index in [1.165, 1.54) is 21.2 Å². The van der Waals surface area contributed by atoms with E-state index in [1.807, 2.05) is 32.1 Å². The first-order chi connectivity index (χ1) is 20.6. The van der Waals surface area contributed by atoms with Gasteiger partial charge < -0.3 is 4.39 Å². The van der Waals surface area contributed by atoms with Gasteiger partial charge in [-0.25, -0.2) is 26.3 Å². The van der Waals surface area contributed by atoms with Gasteiger partial charge in [0.25, 0.3) is 0 Å². The molecule has 0 heterocycles. The van der Waals surface area contributed by atoms with E-state index in [0.29, 0.717) is 0 Å². The Hall–Kier alpha value is -2.49. The molecule has 0 spiro atoms. The van der Waals surface area contributed by atoms with Gasteiger partial charge >= 0.3 is 12.4 Å². The molecule has 44 heavy (non-hydrogen) atoms. The summed E-state index contributed by atoms with van der Waals surface area (Å²) in [6, 6.07) is 43.4. The number of alkyl halides is 6. The van der Waals surface area contributed by atoms with Crippen LogP contribution in [0.25, 0.3) is 0 Å². The van der Waals surface area contributed by atoms with Gasteiger partial charge in [-0.3, -0.25) is 0 Å². The van der Waals surface area contributed by atoms with Crippen molar-refractivity contribution >= 4 is 37.1 Å². The Morgan fingerprint density at radius 1 is 0.409 bits per heavy atom. The zero-order valence-electron chi connectivity index (χ0n) is 23.0. The van der Waals surface area contributed by atoms with Gasteiger partial charge in [0.15, 0.2) is 0 Å². The molecule has 5 radical (unpaired) electrons. The molecular weight excluding hydrogens is 659 g/mol. The molecule has 231 valence electrons. The molecule has 1 aliphatic carbocycles. The van der Waals surface area contributed by atoms with Crippen molar-refractivity contribution in [3.63, 3.8) is 0 Å². The molecule has 0 atom stereocenters. The molecule has 4 aromatic carbocycles. The SMILES string of the molecule is C(=C/P(c1ccccc1)c1ccccc1)/P(c1ccccc1)c1ccccc1.F[C-](C(F)(F)F)C(F)(F)F.[CH]1[CH][CH][CH][CH]1.[Fe]. The molecule has 0 nitrogen and oxygen atoms in total. The Balaban J connectivity index is 0.000000350. The summed E-state index contributed by atoms with van der Waals surface area (Å²) >= 11 is 0. The van der Waals surface area contributed by atoms with Gasteiger partial charge in [-0.05, 0) is 69.2 Å². The Bertz CT molecular complexity index is 1140. The maximum absolute atomic E-state index is 11.1. The molecule has 0 N–H and O–H groups in total. The summed E-state index contributed by atoms with van der Waals surface area (Å²) in [5, 5.41) is 5.54. The molecule has 1 fully saturated rings. The Kier molecular flexibility index (Phi) is 16.4. The smallest absolute Gasteiger partial charge is 0.307 e. The van der Waals surface area contributed by atoms with Crippen LogP contribution in [0.3, 0.4) is 0 Å². The molecule has 0 amide bonds. The van der Waals surface area contributed by atoms with Gasteiger partial charge in [0, 0.05) is 23.2 Å². The van der Waals surface area contributed by atoms with Gasteiger partial charge in [0.1, 0.15) is 0 Å². The van der Waals surface area contributed by atoms with Crippen LogP contribution in [-0.2, 0) is 17.1 Å². The predicted molar refractivity (Wildman–Crippen MR) is 165 cm³/mol. The maximum Gasteiger partial charge on any atom is 0.307 e. The van der Waals surface area contributed by atoms with E-state index < -0.39 is 34.4 Å². The van der Waals surface area contributed by atoms with Gasteiger partial charge in [0.05, 0.1) is 0 Å². The van der Waals surface area contributed by atoms with Crippen LogP contribution in [0.4, 0.5) is 30.7 Å². The third-order valence-corrected chi connectivity index (χ3v) is 10.1. The normalized spacial score (nSPS) is 13.2. The third kappa shape index (κ3) is 12.9. The molecule has 0 unspecified atom stereocenters. The summed E-state index contributed by atoms with van der Waals surface area (Å²) in [6.45, 7) is 0. The van der Waals surface area contributed by atoms with E-state index in [0.717, 1.165) is 0 Å². The Morgan fingerprint density at radius 3 is 0.773 bits per heavy atom. The van der Waals surface area contributed by atoms with E-state index in [-0.39, 0.29) is 17.1 Å². The van der Waals surface area contributed by atoms with E-state index in [1.54, 1.807) is 0 Å². The Labute approximate surface area is 267 Å². The molecule has 0 aliphatic heterocycles. The van der Waals surface area contributed by atoms with Gasteiger partial charge in [-0.2, -0.15) is 0 Å². The summed E-state index contributed by atoms with van der Waals surface area (Å²) in [5.41, 5.74) is 0. The van der Waals surface area contributed by atoms with E-state index in [2.05, 4.69) is 133 Å². The topological polar surface area (TPSA) is 0 Å². The third-order valence-electron chi connectivity index (χ3n) is 5.56. The molecule has 1 saturated carbocycles. The fourth-order valence-corrected chi connectivity index (χ4v) is 7.94. The molecule has 0 bridgehead atoms. The minimum absolute atomic E-state index is 0. The second kappa shape index (κ2) is 19.1. The molecule has 0 aromatic heterocycles. The van der Waals surface area contributed by atoms with Gasteiger partial charge in [-0.15, -0.1) is 0 Å². The van der Waals surface area contributed by atoms with Crippen LogP contribution in [0.2, 0.25) is 0 Å². The average Bonchev–Trinajstić information content (AvgIpc) is 3.61. The zero-order chi connectivity index (χ0) is 31.1. The van der Waals surface area contributed by atoms with Crippen molar-refractivity contribution in [1.82, 2.24) is 0 Å². The standard InChI is InChI=1S/C26H22P2.C5H5.C3F7.Fe/c1-5-13-23(14-6-1)27(24-15-7-2-8-16-24)21-22-28(25-17-9-3-10-18-25)26-19-11-4-12-20-26;1-2-4-5-3-1;4-1(2(5,6)7)3(8,9)10;/h1-22H;1-5H;;/q;;-1;/b22-21-;;;. The summed E-state index contributed by atoms with van der Waals surface area (Å²) < 4.78 is 76.0. The second-order valence-electron chi connectivity index (χ2n) is 8.65. The number of hydrogen-bond donors (Lipinski definition) is 0. The molecule has 10 heteroatoms. The summed E-state index contributed by atoms with van der Waals surface area (Å²) in [4.78, 5) is 0.